The van der Waals surface area contributed by atoms with Gasteiger partial charge in [-0.2, -0.15) is 0 Å². The number of carboxylic acid groups (broad SMARTS) is 1. The number of carbonyl (C=O) groups excluding carboxylic acids is 1. The molecule has 3 aromatic carbocycles. The van der Waals surface area contributed by atoms with Gasteiger partial charge in [-0.3, -0.25) is 15.0 Å². The Labute approximate surface area is 200 Å². The number of hydrogen-bond acceptors (Lipinski definition) is 4. The molecular weight excluding hydrogens is 438 g/mol. The minimum atomic E-state index is -0.836. The number of rotatable bonds is 8. The second-order valence-electron chi connectivity index (χ2n) is 7.69. The van der Waals surface area contributed by atoms with Crippen molar-refractivity contribution in [3.8, 4) is 11.1 Å². The van der Waals surface area contributed by atoms with Crippen LogP contribution < -0.4 is 10.6 Å². The summed E-state index contributed by atoms with van der Waals surface area (Å²) in [6.45, 7) is 4.98. The molecule has 4 N–H and O–H groups in total. The standard InChI is InChI=1S/C26H27N3O3.ClH/c1-17-5-3-4-6-22(17)23-12-11-21(15-18(23)2)26(32)29-25(27)20-9-7-19(8-10-20)16-28-14-13-24(30)31;/h3-12,15,28H,13-14,16H2,1-2H3,(H,30,31)(H2,27,29,32);1H. The monoisotopic (exact) mass is 465 g/mol. The zero-order valence-electron chi connectivity index (χ0n) is 18.6. The second kappa shape index (κ2) is 11.9. The van der Waals surface area contributed by atoms with Gasteiger partial charge >= 0.3 is 5.97 Å². The Morgan fingerprint density at radius 2 is 1.52 bits per heavy atom. The van der Waals surface area contributed by atoms with Crippen LogP contribution in [-0.4, -0.2) is 29.4 Å². The van der Waals surface area contributed by atoms with Gasteiger partial charge in [-0.15, -0.1) is 12.4 Å². The minimum Gasteiger partial charge on any atom is -0.481 e. The summed E-state index contributed by atoms with van der Waals surface area (Å²) in [5.74, 6) is -1.13. The van der Waals surface area contributed by atoms with E-state index >= 15 is 0 Å². The third-order valence-electron chi connectivity index (χ3n) is 5.25. The SMILES string of the molecule is Cc1ccccc1-c1ccc(C(=O)NC(=N)c2ccc(CNCCC(=O)O)cc2)cc1C.Cl. The molecule has 172 valence electrons. The van der Waals surface area contributed by atoms with Crippen LogP contribution in [0.5, 0.6) is 0 Å². The maximum Gasteiger partial charge on any atom is 0.304 e. The van der Waals surface area contributed by atoms with Crippen molar-refractivity contribution in [3.63, 3.8) is 0 Å². The van der Waals surface area contributed by atoms with E-state index in [1.54, 1.807) is 18.2 Å². The van der Waals surface area contributed by atoms with Gasteiger partial charge in [0.15, 0.2) is 0 Å². The second-order valence-corrected chi connectivity index (χ2v) is 7.69. The summed E-state index contributed by atoms with van der Waals surface area (Å²) in [5, 5.41) is 22.6. The number of amidine groups is 1. The van der Waals surface area contributed by atoms with E-state index in [1.807, 2.05) is 43.3 Å². The number of benzene rings is 3. The number of carboxylic acids is 1. The highest BCUT2D eigenvalue weighted by atomic mass is 35.5. The first kappa shape index (κ1) is 25.8. The molecule has 0 aromatic heterocycles. The lowest BCUT2D eigenvalue weighted by molar-refractivity contribution is -0.136. The van der Waals surface area contributed by atoms with Crippen LogP contribution in [0.3, 0.4) is 0 Å². The first-order valence-electron chi connectivity index (χ1n) is 10.4. The maximum absolute atomic E-state index is 12.7. The van der Waals surface area contributed by atoms with E-state index in [0.29, 0.717) is 24.2 Å². The van der Waals surface area contributed by atoms with E-state index in [4.69, 9.17) is 10.5 Å². The van der Waals surface area contributed by atoms with E-state index in [2.05, 4.69) is 29.7 Å². The van der Waals surface area contributed by atoms with E-state index < -0.39 is 5.97 Å². The molecule has 0 spiro atoms. The molecule has 3 aromatic rings. The maximum atomic E-state index is 12.7. The van der Waals surface area contributed by atoms with Crippen LogP contribution in [0.4, 0.5) is 0 Å². The highest BCUT2D eigenvalue weighted by Crippen LogP contribution is 2.27. The van der Waals surface area contributed by atoms with Gasteiger partial charge in [0.05, 0.1) is 6.42 Å². The topological polar surface area (TPSA) is 102 Å². The van der Waals surface area contributed by atoms with Crippen LogP contribution in [0.1, 0.15) is 39.0 Å². The van der Waals surface area contributed by atoms with E-state index in [1.165, 1.54) is 5.56 Å². The number of hydrogen-bond donors (Lipinski definition) is 4. The van der Waals surface area contributed by atoms with Gasteiger partial charge in [-0.05, 0) is 53.8 Å². The molecule has 7 heteroatoms. The lowest BCUT2D eigenvalue weighted by Crippen LogP contribution is -2.30. The van der Waals surface area contributed by atoms with Crippen LogP contribution in [0, 0.1) is 19.3 Å². The smallest absolute Gasteiger partial charge is 0.304 e. The van der Waals surface area contributed by atoms with Crippen molar-refractivity contribution in [2.45, 2.75) is 26.8 Å². The van der Waals surface area contributed by atoms with Gasteiger partial charge in [0.25, 0.3) is 5.91 Å². The fraction of sp³-hybridized carbons (Fsp3) is 0.192. The highest BCUT2D eigenvalue weighted by molar-refractivity contribution is 6.11. The third-order valence-corrected chi connectivity index (χ3v) is 5.25. The Morgan fingerprint density at radius 1 is 0.879 bits per heavy atom. The summed E-state index contributed by atoms with van der Waals surface area (Å²) in [6, 6.07) is 20.9. The normalized spacial score (nSPS) is 10.2. The van der Waals surface area contributed by atoms with Crippen molar-refractivity contribution in [3.05, 3.63) is 94.5 Å². The molecule has 0 aliphatic heterocycles. The average Bonchev–Trinajstić information content (AvgIpc) is 2.77. The first-order chi connectivity index (χ1) is 15.3. The number of nitrogens with one attached hydrogen (secondary N) is 3. The van der Waals surface area contributed by atoms with Gasteiger partial charge in [0.2, 0.25) is 0 Å². The fourth-order valence-corrected chi connectivity index (χ4v) is 3.46. The van der Waals surface area contributed by atoms with Gasteiger partial charge in [-0.25, -0.2) is 0 Å². The number of halogens is 1. The van der Waals surface area contributed by atoms with Crippen LogP contribution in [-0.2, 0) is 11.3 Å². The molecule has 6 nitrogen and oxygen atoms in total. The summed E-state index contributed by atoms with van der Waals surface area (Å²) < 4.78 is 0. The summed E-state index contributed by atoms with van der Waals surface area (Å²) >= 11 is 0. The van der Waals surface area contributed by atoms with Crippen LogP contribution >= 0.6 is 12.4 Å². The quantitative estimate of drug-likeness (QED) is 0.220. The Hall–Kier alpha value is -3.48. The number of aliphatic carboxylic acids is 1. The molecule has 1 amide bonds. The molecule has 0 aliphatic carbocycles. The Bertz CT molecular complexity index is 1140. The molecule has 0 bridgehead atoms. The summed E-state index contributed by atoms with van der Waals surface area (Å²) in [7, 11) is 0. The van der Waals surface area contributed by atoms with Gasteiger partial charge < -0.3 is 15.7 Å². The van der Waals surface area contributed by atoms with Crippen molar-refractivity contribution in [2.24, 2.45) is 0 Å². The number of carbonyl (C=O) groups is 2. The van der Waals surface area contributed by atoms with Gasteiger partial charge in [0, 0.05) is 24.2 Å². The lowest BCUT2D eigenvalue weighted by atomic mass is 9.95. The molecule has 0 saturated heterocycles. The molecular formula is C26H28ClN3O3. The summed E-state index contributed by atoms with van der Waals surface area (Å²) in [6.07, 6.45) is 0.0696. The van der Waals surface area contributed by atoms with E-state index in [0.717, 1.165) is 22.3 Å². The van der Waals surface area contributed by atoms with Crippen LogP contribution in [0.2, 0.25) is 0 Å². The Morgan fingerprint density at radius 3 is 2.15 bits per heavy atom. The van der Waals surface area contributed by atoms with Crippen molar-refractivity contribution in [1.29, 1.82) is 5.41 Å². The molecule has 0 saturated carbocycles. The van der Waals surface area contributed by atoms with Crippen molar-refractivity contribution in [2.75, 3.05) is 6.54 Å². The molecule has 0 fully saturated rings. The molecule has 0 atom stereocenters. The zero-order chi connectivity index (χ0) is 23.1. The van der Waals surface area contributed by atoms with Gasteiger partial charge in [0.1, 0.15) is 5.84 Å². The van der Waals surface area contributed by atoms with Crippen LogP contribution in [0.25, 0.3) is 11.1 Å². The van der Waals surface area contributed by atoms with Crippen molar-refractivity contribution in [1.82, 2.24) is 10.6 Å². The first-order valence-corrected chi connectivity index (χ1v) is 10.4. The zero-order valence-corrected chi connectivity index (χ0v) is 19.5. The number of amides is 1. The average molecular weight is 466 g/mol. The number of aryl methyl sites for hydroxylation is 2. The predicted octanol–water partition coefficient (Wildman–Crippen LogP) is 4.71. The highest BCUT2D eigenvalue weighted by Gasteiger charge is 2.12. The Kier molecular flexibility index (Phi) is 9.33. The summed E-state index contributed by atoms with van der Waals surface area (Å²) in [4.78, 5) is 23.2. The van der Waals surface area contributed by atoms with Gasteiger partial charge in [-0.1, -0.05) is 54.6 Å². The largest absolute Gasteiger partial charge is 0.481 e. The van der Waals surface area contributed by atoms with Crippen molar-refractivity contribution < 1.29 is 14.7 Å². The van der Waals surface area contributed by atoms with E-state index in [9.17, 15) is 9.59 Å². The summed E-state index contributed by atoms with van der Waals surface area (Å²) in [5.41, 5.74) is 6.48. The molecule has 0 unspecified atom stereocenters. The lowest BCUT2D eigenvalue weighted by Gasteiger charge is -2.12. The van der Waals surface area contributed by atoms with E-state index in [-0.39, 0.29) is 30.6 Å². The molecule has 3 rings (SSSR count). The molecule has 0 radical (unpaired) electrons. The molecule has 0 aliphatic rings. The Balaban J connectivity index is 0.00000385. The minimum absolute atomic E-state index is 0. The molecule has 33 heavy (non-hydrogen) atoms. The predicted molar refractivity (Wildman–Crippen MR) is 133 cm³/mol. The van der Waals surface area contributed by atoms with Crippen LogP contribution in [0.15, 0.2) is 66.7 Å². The van der Waals surface area contributed by atoms with Crippen molar-refractivity contribution >= 4 is 30.1 Å². The third kappa shape index (κ3) is 7.00. The molecule has 0 heterocycles. The fourth-order valence-electron chi connectivity index (χ4n) is 3.46.